The summed E-state index contributed by atoms with van der Waals surface area (Å²) in [6.07, 6.45) is 17.2. The summed E-state index contributed by atoms with van der Waals surface area (Å²) in [5, 5.41) is 3.25. The maximum atomic E-state index is 5.55. The summed E-state index contributed by atoms with van der Waals surface area (Å²) < 4.78 is 0. The highest BCUT2D eigenvalue weighted by atomic mass is 14.9. The molecule has 0 bridgehead atoms. The molecular formula is C19H39N3. The molecule has 0 aromatic heterocycles. The molecule has 0 fully saturated rings. The molecule has 0 atom stereocenters. The van der Waals surface area contributed by atoms with Crippen LogP contribution < -0.4 is 16.8 Å². The Morgan fingerprint density at radius 3 is 1.50 bits per heavy atom. The first-order valence-electron chi connectivity index (χ1n) is 9.21. The summed E-state index contributed by atoms with van der Waals surface area (Å²) in [5.41, 5.74) is 12.8. The van der Waals surface area contributed by atoms with Crippen LogP contribution >= 0.6 is 0 Å². The van der Waals surface area contributed by atoms with E-state index >= 15 is 0 Å². The molecule has 0 aliphatic heterocycles. The van der Waals surface area contributed by atoms with Gasteiger partial charge in [0.15, 0.2) is 0 Å². The fourth-order valence-corrected chi connectivity index (χ4v) is 2.58. The van der Waals surface area contributed by atoms with Crippen LogP contribution in [-0.2, 0) is 0 Å². The third-order valence-electron chi connectivity index (χ3n) is 4.05. The number of rotatable bonds is 17. The Morgan fingerprint density at radius 1 is 0.682 bits per heavy atom. The number of unbranched alkanes of at least 4 members (excludes halogenated alkanes) is 11. The quantitative estimate of drug-likeness (QED) is 0.344. The molecule has 0 unspecified atom stereocenters. The fraction of sp³-hybridized carbons (Fsp3) is 0.789. The molecule has 3 heteroatoms. The van der Waals surface area contributed by atoms with Crippen LogP contribution in [0.4, 0.5) is 0 Å². The predicted molar refractivity (Wildman–Crippen MR) is 99.5 cm³/mol. The molecule has 3 nitrogen and oxygen atoms in total. The van der Waals surface area contributed by atoms with Crippen molar-refractivity contribution in [2.45, 2.75) is 83.5 Å². The number of hydrogen-bond acceptors (Lipinski definition) is 3. The van der Waals surface area contributed by atoms with Crippen LogP contribution in [-0.4, -0.2) is 13.1 Å². The average molecular weight is 310 g/mol. The van der Waals surface area contributed by atoms with Gasteiger partial charge >= 0.3 is 0 Å². The highest BCUT2D eigenvalue weighted by molar-refractivity contribution is 4.91. The van der Waals surface area contributed by atoms with Crippen molar-refractivity contribution in [3.8, 4) is 0 Å². The lowest BCUT2D eigenvalue weighted by molar-refractivity contribution is 0.537. The van der Waals surface area contributed by atoms with Gasteiger partial charge < -0.3 is 16.8 Å². The molecule has 0 heterocycles. The van der Waals surface area contributed by atoms with Crippen LogP contribution in [0.2, 0.25) is 0 Å². The van der Waals surface area contributed by atoms with Crippen molar-refractivity contribution in [2.24, 2.45) is 11.5 Å². The number of nitrogens with one attached hydrogen (secondary N) is 1. The minimum atomic E-state index is 0.544. The van der Waals surface area contributed by atoms with Gasteiger partial charge in [-0.1, -0.05) is 77.4 Å². The van der Waals surface area contributed by atoms with Gasteiger partial charge in [-0.05, 0) is 19.3 Å². The molecule has 5 N–H and O–H groups in total. The van der Waals surface area contributed by atoms with Crippen molar-refractivity contribution >= 4 is 0 Å². The van der Waals surface area contributed by atoms with Crippen molar-refractivity contribution in [3.05, 3.63) is 24.6 Å². The van der Waals surface area contributed by atoms with Crippen LogP contribution in [0.25, 0.3) is 0 Å². The van der Waals surface area contributed by atoms with Gasteiger partial charge in [-0.15, -0.1) is 0 Å². The first-order valence-corrected chi connectivity index (χ1v) is 9.21. The zero-order valence-corrected chi connectivity index (χ0v) is 14.7. The normalized spacial score (nSPS) is 10.6. The van der Waals surface area contributed by atoms with E-state index in [2.05, 4.69) is 18.5 Å². The maximum absolute atomic E-state index is 5.55. The molecule has 0 aromatic carbocycles. The van der Waals surface area contributed by atoms with Crippen LogP contribution in [0, 0.1) is 0 Å². The Hall–Kier alpha value is -0.960. The summed E-state index contributed by atoms with van der Waals surface area (Å²) in [6.45, 7) is 9.13. The first kappa shape index (κ1) is 21.0. The van der Waals surface area contributed by atoms with Gasteiger partial charge in [-0.3, -0.25) is 0 Å². The first-order chi connectivity index (χ1) is 10.7. The van der Waals surface area contributed by atoms with E-state index in [0.717, 1.165) is 24.4 Å². The molecule has 0 radical (unpaired) electrons. The molecular weight excluding hydrogens is 270 g/mol. The van der Waals surface area contributed by atoms with E-state index in [0.29, 0.717) is 6.54 Å². The molecule has 0 spiro atoms. The largest absolute Gasteiger partial charge is 0.403 e. The summed E-state index contributed by atoms with van der Waals surface area (Å²) in [4.78, 5) is 0. The third kappa shape index (κ3) is 17.1. The van der Waals surface area contributed by atoms with Gasteiger partial charge in [-0.2, -0.15) is 0 Å². The van der Waals surface area contributed by atoms with Crippen LogP contribution in [0.3, 0.4) is 0 Å². The molecule has 0 saturated heterocycles. The van der Waals surface area contributed by atoms with Crippen LogP contribution in [0.5, 0.6) is 0 Å². The van der Waals surface area contributed by atoms with Gasteiger partial charge in [0.05, 0.1) is 0 Å². The van der Waals surface area contributed by atoms with E-state index in [-0.39, 0.29) is 0 Å². The zero-order valence-electron chi connectivity index (χ0n) is 14.7. The Morgan fingerprint density at radius 2 is 1.09 bits per heavy atom. The molecule has 22 heavy (non-hydrogen) atoms. The molecule has 130 valence electrons. The van der Waals surface area contributed by atoms with Crippen molar-refractivity contribution in [3.63, 3.8) is 0 Å². The minimum absolute atomic E-state index is 0.544. The molecule has 0 amide bonds. The highest BCUT2D eigenvalue weighted by Gasteiger charge is 1.95. The van der Waals surface area contributed by atoms with Gasteiger partial charge in [0.2, 0.25) is 0 Å². The van der Waals surface area contributed by atoms with Gasteiger partial charge in [0, 0.05) is 24.5 Å². The van der Waals surface area contributed by atoms with Gasteiger partial charge in [0.25, 0.3) is 0 Å². The third-order valence-corrected chi connectivity index (χ3v) is 4.05. The molecule has 0 aliphatic rings. The summed E-state index contributed by atoms with van der Waals surface area (Å²) in [5.74, 6) is 0. The highest BCUT2D eigenvalue weighted by Crippen LogP contribution is 2.12. The topological polar surface area (TPSA) is 64.1 Å². The second-order valence-electron chi connectivity index (χ2n) is 6.39. The molecule has 0 aromatic rings. The smallest absolute Gasteiger partial charge is 0.0322 e. The fourth-order valence-electron chi connectivity index (χ4n) is 2.58. The number of nitrogens with two attached hydrogens (primary N) is 2. The van der Waals surface area contributed by atoms with Crippen molar-refractivity contribution in [2.75, 3.05) is 13.1 Å². The summed E-state index contributed by atoms with van der Waals surface area (Å²) >= 11 is 0. The van der Waals surface area contributed by atoms with E-state index in [4.69, 9.17) is 11.5 Å². The Labute approximate surface area is 138 Å². The second kappa shape index (κ2) is 16.4. The molecule has 0 aliphatic carbocycles. The van der Waals surface area contributed by atoms with Crippen LogP contribution in [0.15, 0.2) is 24.6 Å². The van der Waals surface area contributed by atoms with Gasteiger partial charge in [-0.25, -0.2) is 0 Å². The Kier molecular flexibility index (Phi) is 15.7. The summed E-state index contributed by atoms with van der Waals surface area (Å²) in [7, 11) is 0. The standard InChI is InChI=1S/C19H39N3/c1-18(21)15-13-11-9-7-5-3-4-6-8-10-12-14-16-22-19(2)17-20/h22H,1-17,20-21H2. The molecule has 0 saturated carbocycles. The van der Waals surface area contributed by atoms with E-state index in [1.165, 1.54) is 77.0 Å². The van der Waals surface area contributed by atoms with Gasteiger partial charge in [0.1, 0.15) is 0 Å². The maximum Gasteiger partial charge on any atom is 0.0322 e. The second-order valence-corrected chi connectivity index (χ2v) is 6.39. The predicted octanol–water partition coefficient (Wildman–Crippen LogP) is 4.59. The Bertz CT molecular complexity index is 274. The van der Waals surface area contributed by atoms with E-state index in [9.17, 15) is 0 Å². The Balaban J connectivity index is 3.02. The van der Waals surface area contributed by atoms with E-state index in [1.807, 2.05) is 0 Å². The SMILES string of the molecule is C=C(N)CCCCCCCCCCCCCCNC(=C)CN. The van der Waals surface area contributed by atoms with E-state index < -0.39 is 0 Å². The minimum Gasteiger partial charge on any atom is -0.403 e. The lowest BCUT2D eigenvalue weighted by Gasteiger charge is -2.07. The number of allylic oxidation sites excluding steroid dienone is 1. The summed E-state index contributed by atoms with van der Waals surface area (Å²) in [6, 6.07) is 0. The zero-order chi connectivity index (χ0) is 16.5. The van der Waals surface area contributed by atoms with E-state index in [1.54, 1.807) is 0 Å². The lowest BCUT2D eigenvalue weighted by Crippen LogP contribution is -2.20. The monoisotopic (exact) mass is 309 g/mol. The van der Waals surface area contributed by atoms with Crippen LogP contribution in [0.1, 0.15) is 83.5 Å². The van der Waals surface area contributed by atoms with Crippen molar-refractivity contribution in [1.82, 2.24) is 5.32 Å². The van der Waals surface area contributed by atoms with Crippen molar-refractivity contribution < 1.29 is 0 Å². The molecule has 0 rings (SSSR count). The average Bonchev–Trinajstić information content (AvgIpc) is 2.50. The van der Waals surface area contributed by atoms with Crippen molar-refractivity contribution in [1.29, 1.82) is 0 Å². The number of hydrogen-bond donors (Lipinski definition) is 3. The lowest BCUT2D eigenvalue weighted by atomic mass is 10.0.